The number of ether oxygens (including phenoxy) is 1. The molecule has 3 heterocycles. The van der Waals surface area contributed by atoms with Crippen LogP contribution in [-0.2, 0) is 6.54 Å². The molecule has 0 unspecified atom stereocenters. The first-order valence-corrected chi connectivity index (χ1v) is 10.5. The fourth-order valence-corrected chi connectivity index (χ4v) is 3.77. The van der Waals surface area contributed by atoms with Gasteiger partial charge in [-0.05, 0) is 62.2 Å². The van der Waals surface area contributed by atoms with Gasteiger partial charge in [0, 0.05) is 30.3 Å². The van der Waals surface area contributed by atoms with E-state index in [1.807, 2.05) is 36.1 Å². The molecular weight excluding hydrogens is 396 g/mol. The monoisotopic (exact) mass is 422 g/mol. The third-order valence-corrected chi connectivity index (χ3v) is 5.47. The van der Waals surface area contributed by atoms with Gasteiger partial charge in [-0.2, -0.15) is 5.10 Å². The van der Waals surface area contributed by atoms with E-state index in [1.54, 1.807) is 24.5 Å². The second-order valence-corrected chi connectivity index (χ2v) is 7.49. The first-order valence-electron chi connectivity index (χ1n) is 10.5. The van der Waals surface area contributed by atoms with E-state index >= 15 is 0 Å². The molecule has 4 rings (SSSR count). The Bertz CT molecular complexity index is 1000. The minimum absolute atomic E-state index is 0.0316. The van der Waals surface area contributed by atoms with Crippen molar-refractivity contribution in [3.8, 4) is 5.75 Å². The number of rotatable bonds is 7. The molecule has 1 saturated heterocycles. The minimum Gasteiger partial charge on any atom is -0.494 e. The molecule has 2 amide bonds. The van der Waals surface area contributed by atoms with Crippen LogP contribution in [0, 0.1) is 0 Å². The van der Waals surface area contributed by atoms with Gasteiger partial charge in [0.25, 0.3) is 11.8 Å². The average molecular weight is 422 g/mol. The van der Waals surface area contributed by atoms with Crippen LogP contribution in [0.4, 0.5) is 0 Å². The molecule has 0 bridgehead atoms. The maximum atomic E-state index is 12.8. The van der Waals surface area contributed by atoms with Crippen LogP contribution in [0.3, 0.4) is 0 Å². The molecule has 1 aliphatic rings. The van der Waals surface area contributed by atoms with Crippen molar-refractivity contribution in [1.82, 2.24) is 20.4 Å². The topological polar surface area (TPSA) is 100 Å². The molecule has 1 aromatic carbocycles. The fraction of sp³-hybridized carbons (Fsp3) is 0.348. The number of benzene rings is 1. The highest BCUT2D eigenvalue weighted by molar-refractivity contribution is 5.94. The Hall–Kier alpha value is -3.55. The van der Waals surface area contributed by atoms with E-state index in [1.165, 1.54) is 0 Å². The lowest BCUT2D eigenvalue weighted by atomic mass is 9.93. The van der Waals surface area contributed by atoms with Gasteiger partial charge in [-0.15, -0.1) is 0 Å². The predicted octanol–water partition coefficient (Wildman–Crippen LogP) is 3.35. The number of nitrogens with zero attached hydrogens (tertiary/aromatic N) is 2. The first-order chi connectivity index (χ1) is 15.1. The second-order valence-electron chi connectivity index (χ2n) is 7.49. The van der Waals surface area contributed by atoms with E-state index < -0.39 is 0 Å². The van der Waals surface area contributed by atoms with Crippen LogP contribution >= 0.6 is 0 Å². The molecule has 2 aromatic heterocycles. The smallest absolute Gasteiger partial charge is 0.272 e. The molecule has 31 heavy (non-hydrogen) atoms. The lowest BCUT2D eigenvalue weighted by Crippen LogP contribution is -2.38. The standard InChI is InChI=1S/C23H26N4O4/c1-2-30-18-7-5-17(6-8-18)23(29)27-11-9-16(10-12-27)20-14-21(26-25-20)22(28)24-15-19-4-3-13-31-19/h3-8,13-14,16H,2,9-12,15H2,1H3,(H,24,28)(H,25,26). The van der Waals surface area contributed by atoms with Crippen molar-refractivity contribution in [3.63, 3.8) is 0 Å². The summed E-state index contributed by atoms with van der Waals surface area (Å²) in [4.78, 5) is 27.0. The number of aromatic nitrogens is 2. The number of nitrogens with one attached hydrogen (secondary N) is 2. The van der Waals surface area contributed by atoms with Crippen LogP contribution in [0.5, 0.6) is 5.75 Å². The van der Waals surface area contributed by atoms with Gasteiger partial charge in [0.15, 0.2) is 0 Å². The summed E-state index contributed by atoms with van der Waals surface area (Å²) in [6, 6.07) is 12.6. The highest BCUT2D eigenvalue weighted by Gasteiger charge is 2.26. The zero-order valence-corrected chi connectivity index (χ0v) is 17.5. The van der Waals surface area contributed by atoms with Gasteiger partial charge in [-0.25, -0.2) is 0 Å². The normalized spacial score (nSPS) is 14.4. The van der Waals surface area contributed by atoms with Crippen LogP contribution in [0.25, 0.3) is 0 Å². The van der Waals surface area contributed by atoms with Crippen molar-refractivity contribution in [1.29, 1.82) is 0 Å². The van der Waals surface area contributed by atoms with Crippen molar-refractivity contribution < 1.29 is 18.7 Å². The van der Waals surface area contributed by atoms with E-state index in [4.69, 9.17) is 9.15 Å². The number of carbonyl (C=O) groups is 2. The van der Waals surface area contributed by atoms with E-state index in [0.29, 0.717) is 43.3 Å². The Morgan fingerprint density at radius 1 is 1.23 bits per heavy atom. The predicted molar refractivity (Wildman–Crippen MR) is 114 cm³/mol. The van der Waals surface area contributed by atoms with Gasteiger partial charge in [0.1, 0.15) is 17.2 Å². The third kappa shape index (κ3) is 4.96. The molecule has 8 heteroatoms. The molecule has 162 valence electrons. The third-order valence-electron chi connectivity index (χ3n) is 5.47. The van der Waals surface area contributed by atoms with Gasteiger partial charge in [0.2, 0.25) is 0 Å². The Balaban J connectivity index is 1.29. The molecule has 0 aliphatic carbocycles. The first kappa shape index (κ1) is 20.7. The van der Waals surface area contributed by atoms with Crippen molar-refractivity contribution in [3.05, 3.63) is 71.4 Å². The maximum absolute atomic E-state index is 12.8. The molecule has 0 spiro atoms. The van der Waals surface area contributed by atoms with Crippen LogP contribution in [-0.4, -0.2) is 46.6 Å². The number of furan rings is 1. The highest BCUT2D eigenvalue weighted by Crippen LogP contribution is 2.28. The van der Waals surface area contributed by atoms with Gasteiger partial charge < -0.3 is 19.4 Å². The molecule has 0 radical (unpaired) electrons. The summed E-state index contributed by atoms with van der Waals surface area (Å²) in [6.45, 7) is 4.17. The summed E-state index contributed by atoms with van der Waals surface area (Å²) in [5.41, 5.74) is 1.95. The van der Waals surface area contributed by atoms with E-state index in [-0.39, 0.29) is 17.7 Å². The minimum atomic E-state index is -0.248. The van der Waals surface area contributed by atoms with E-state index in [2.05, 4.69) is 15.5 Å². The van der Waals surface area contributed by atoms with Crippen molar-refractivity contribution in [2.24, 2.45) is 0 Å². The van der Waals surface area contributed by atoms with Crippen molar-refractivity contribution in [2.45, 2.75) is 32.2 Å². The van der Waals surface area contributed by atoms with Gasteiger partial charge in [0.05, 0.1) is 19.4 Å². The maximum Gasteiger partial charge on any atom is 0.272 e. The van der Waals surface area contributed by atoms with Crippen molar-refractivity contribution in [2.75, 3.05) is 19.7 Å². The highest BCUT2D eigenvalue weighted by atomic mass is 16.5. The number of aromatic amines is 1. The Morgan fingerprint density at radius 3 is 2.68 bits per heavy atom. The second kappa shape index (κ2) is 9.51. The SMILES string of the molecule is CCOc1ccc(C(=O)N2CCC(c3cc(C(=O)NCc4ccco4)n[nH]3)CC2)cc1. The molecule has 1 aliphatic heterocycles. The van der Waals surface area contributed by atoms with Gasteiger partial charge >= 0.3 is 0 Å². The average Bonchev–Trinajstić information content (AvgIpc) is 3.50. The summed E-state index contributed by atoms with van der Waals surface area (Å²) < 4.78 is 10.7. The summed E-state index contributed by atoms with van der Waals surface area (Å²) in [5.74, 6) is 1.48. The summed E-state index contributed by atoms with van der Waals surface area (Å²) >= 11 is 0. The Kier molecular flexibility index (Phi) is 6.35. The largest absolute Gasteiger partial charge is 0.494 e. The number of H-pyrrole nitrogens is 1. The summed E-state index contributed by atoms with van der Waals surface area (Å²) in [6.07, 6.45) is 3.21. The molecule has 3 aromatic rings. The molecule has 0 atom stereocenters. The fourth-order valence-electron chi connectivity index (χ4n) is 3.77. The van der Waals surface area contributed by atoms with Gasteiger partial charge in [-0.1, -0.05) is 0 Å². The lowest BCUT2D eigenvalue weighted by molar-refractivity contribution is 0.0712. The molecule has 1 fully saturated rings. The molecule has 2 N–H and O–H groups in total. The number of carbonyl (C=O) groups excluding carboxylic acids is 2. The number of likely N-dealkylation sites (tertiary alicyclic amines) is 1. The zero-order valence-electron chi connectivity index (χ0n) is 17.5. The van der Waals surface area contributed by atoms with Crippen LogP contribution in [0.2, 0.25) is 0 Å². The van der Waals surface area contributed by atoms with E-state index in [9.17, 15) is 9.59 Å². The quantitative estimate of drug-likeness (QED) is 0.608. The van der Waals surface area contributed by atoms with Crippen LogP contribution < -0.4 is 10.1 Å². The number of hydrogen-bond donors (Lipinski definition) is 2. The molecule has 0 saturated carbocycles. The summed E-state index contributed by atoms with van der Waals surface area (Å²) in [5, 5.41) is 9.94. The Labute approximate surface area is 180 Å². The van der Waals surface area contributed by atoms with Crippen LogP contribution in [0.1, 0.15) is 58.0 Å². The Morgan fingerprint density at radius 2 is 2.00 bits per heavy atom. The number of piperidine rings is 1. The number of hydrogen-bond acceptors (Lipinski definition) is 5. The molecular formula is C23H26N4O4. The van der Waals surface area contributed by atoms with Crippen molar-refractivity contribution >= 4 is 11.8 Å². The van der Waals surface area contributed by atoms with Gasteiger partial charge in [-0.3, -0.25) is 14.7 Å². The van der Waals surface area contributed by atoms with E-state index in [0.717, 1.165) is 24.3 Å². The zero-order chi connectivity index (χ0) is 21.6. The molecule has 8 nitrogen and oxygen atoms in total. The van der Waals surface area contributed by atoms with Crippen LogP contribution in [0.15, 0.2) is 53.1 Å². The summed E-state index contributed by atoms with van der Waals surface area (Å²) in [7, 11) is 0. The number of amides is 2. The lowest BCUT2D eigenvalue weighted by Gasteiger charge is -2.31.